The molecule has 2 aromatic rings. The van der Waals surface area contributed by atoms with Gasteiger partial charge in [-0.2, -0.15) is 0 Å². The van der Waals surface area contributed by atoms with E-state index in [1.807, 2.05) is 0 Å². The molecule has 1 N–H and O–H groups in total. The van der Waals surface area contributed by atoms with Crippen molar-refractivity contribution in [2.75, 3.05) is 12.4 Å². The molecule has 20 heavy (non-hydrogen) atoms. The number of nitrogens with one attached hydrogen (secondary N) is 1. The highest BCUT2D eigenvalue weighted by molar-refractivity contribution is 5.57. The van der Waals surface area contributed by atoms with E-state index in [9.17, 15) is 0 Å². The van der Waals surface area contributed by atoms with Crippen molar-refractivity contribution < 1.29 is 4.74 Å². The zero-order valence-corrected chi connectivity index (χ0v) is 12.6. The quantitative estimate of drug-likeness (QED) is 0.843. The SMILES string of the molecule is CCc1cccc(C)c1NCc1ccccc1COC. The van der Waals surface area contributed by atoms with Crippen LogP contribution in [0.3, 0.4) is 0 Å². The summed E-state index contributed by atoms with van der Waals surface area (Å²) in [4.78, 5) is 0. The highest BCUT2D eigenvalue weighted by atomic mass is 16.5. The molecule has 0 spiro atoms. The molecule has 0 aromatic heterocycles. The summed E-state index contributed by atoms with van der Waals surface area (Å²) >= 11 is 0. The van der Waals surface area contributed by atoms with Crippen molar-refractivity contribution in [1.82, 2.24) is 0 Å². The van der Waals surface area contributed by atoms with Crippen LogP contribution in [0.1, 0.15) is 29.2 Å². The van der Waals surface area contributed by atoms with Gasteiger partial charge in [-0.15, -0.1) is 0 Å². The van der Waals surface area contributed by atoms with Crippen molar-refractivity contribution >= 4 is 5.69 Å². The third kappa shape index (κ3) is 3.40. The summed E-state index contributed by atoms with van der Waals surface area (Å²) in [6.45, 7) is 5.84. The highest BCUT2D eigenvalue weighted by Gasteiger charge is 2.05. The first-order chi connectivity index (χ1) is 9.76. The molecular weight excluding hydrogens is 246 g/mol. The molecule has 0 aliphatic heterocycles. The average Bonchev–Trinajstić information content (AvgIpc) is 2.47. The number of para-hydroxylation sites is 1. The number of anilines is 1. The minimum atomic E-state index is 0.659. The van der Waals surface area contributed by atoms with Gasteiger partial charge in [0.25, 0.3) is 0 Å². The van der Waals surface area contributed by atoms with Gasteiger partial charge in [0.15, 0.2) is 0 Å². The first kappa shape index (κ1) is 14.6. The zero-order valence-electron chi connectivity index (χ0n) is 12.6. The summed E-state index contributed by atoms with van der Waals surface area (Å²) in [7, 11) is 1.74. The number of ether oxygens (including phenoxy) is 1. The van der Waals surface area contributed by atoms with E-state index in [-0.39, 0.29) is 0 Å². The molecule has 0 bridgehead atoms. The summed E-state index contributed by atoms with van der Waals surface area (Å²) in [5, 5.41) is 3.59. The van der Waals surface area contributed by atoms with Gasteiger partial charge < -0.3 is 10.1 Å². The molecule has 106 valence electrons. The predicted molar refractivity (Wildman–Crippen MR) is 85.0 cm³/mol. The molecule has 2 heteroatoms. The maximum Gasteiger partial charge on any atom is 0.0716 e. The monoisotopic (exact) mass is 269 g/mol. The van der Waals surface area contributed by atoms with Gasteiger partial charge in [-0.05, 0) is 35.6 Å². The second-order valence-corrected chi connectivity index (χ2v) is 5.02. The second-order valence-electron chi connectivity index (χ2n) is 5.02. The lowest BCUT2D eigenvalue weighted by molar-refractivity contribution is 0.184. The third-order valence-corrected chi connectivity index (χ3v) is 3.61. The molecule has 0 saturated heterocycles. The van der Waals surface area contributed by atoms with E-state index in [2.05, 4.69) is 61.6 Å². The van der Waals surface area contributed by atoms with E-state index in [0.717, 1.165) is 13.0 Å². The molecule has 0 saturated carbocycles. The fourth-order valence-corrected chi connectivity index (χ4v) is 2.49. The predicted octanol–water partition coefficient (Wildman–Crippen LogP) is 4.32. The van der Waals surface area contributed by atoms with Gasteiger partial charge in [0.1, 0.15) is 0 Å². The molecule has 2 rings (SSSR count). The Kier molecular flexibility index (Phi) is 5.19. The number of methoxy groups -OCH3 is 1. The summed E-state index contributed by atoms with van der Waals surface area (Å²) in [6.07, 6.45) is 1.05. The van der Waals surface area contributed by atoms with E-state index < -0.39 is 0 Å². The van der Waals surface area contributed by atoms with Crippen LogP contribution in [0, 0.1) is 6.92 Å². The van der Waals surface area contributed by atoms with Crippen molar-refractivity contribution in [3.63, 3.8) is 0 Å². The number of aryl methyl sites for hydroxylation is 2. The molecule has 0 fully saturated rings. The van der Waals surface area contributed by atoms with Crippen molar-refractivity contribution in [3.05, 3.63) is 64.7 Å². The first-order valence-electron chi connectivity index (χ1n) is 7.14. The van der Waals surface area contributed by atoms with Crippen LogP contribution in [0.15, 0.2) is 42.5 Å². The van der Waals surface area contributed by atoms with Gasteiger partial charge in [-0.3, -0.25) is 0 Å². The van der Waals surface area contributed by atoms with Crippen LogP contribution >= 0.6 is 0 Å². The molecule has 0 aliphatic rings. The Morgan fingerprint density at radius 2 is 1.65 bits per heavy atom. The molecule has 0 radical (unpaired) electrons. The maximum atomic E-state index is 5.26. The van der Waals surface area contributed by atoms with Crippen LogP contribution in [0.25, 0.3) is 0 Å². The normalized spacial score (nSPS) is 10.6. The second kappa shape index (κ2) is 7.11. The van der Waals surface area contributed by atoms with Crippen LogP contribution in [-0.4, -0.2) is 7.11 Å². The minimum absolute atomic E-state index is 0.659. The molecular formula is C18H23NO. The van der Waals surface area contributed by atoms with Gasteiger partial charge in [0.05, 0.1) is 6.61 Å². The topological polar surface area (TPSA) is 21.3 Å². The third-order valence-electron chi connectivity index (χ3n) is 3.61. The van der Waals surface area contributed by atoms with Gasteiger partial charge in [-0.1, -0.05) is 49.4 Å². The van der Waals surface area contributed by atoms with Crippen LogP contribution in [0.4, 0.5) is 5.69 Å². The van der Waals surface area contributed by atoms with Crippen LogP contribution < -0.4 is 5.32 Å². The summed E-state index contributed by atoms with van der Waals surface area (Å²) in [6, 6.07) is 14.9. The first-order valence-corrected chi connectivity index (χ1v) is 7.14. The highest BCUT2D eigenvalue weighted by Crippen LogP contribution is 2.22. The molecule has 2 aromatic carbocycles. The maximum absolute atomic E-state index is 5.26. The Morgan fingerprint density at radius 1 is 0.950 bits per heavy atom. The smallest absolute Gasteiger partial charge is 0.0716 e. The van der Waals surface area contributed by atoms with Gasteiger partial charge in [-0.25, -0.2) is 0 Å². The van der Waals surface area contributed by atoms with E-state index >= 15 is 0 Å². The van der Waals surface area contributed by atoms with E-state index in [1.165, 1.54) is 27.9 Å². The van der Waals surface area contributed by atoms with E-state index in [4.69, 9.17) is 4.74 Å². The molecule has 2 nitrogen and oxygen atoms in total. The summed E-state index contributed by atoms with van der Waals surface area (Å²) in [5.74, 6) is 0. The minimum Gasteiger partial charge on any atom is -0.381 e. The molecule has 0 unspecified atom stereocenters. The lowest BCUT2D eigenvalue weighted by atomic mass is 10.0. The lowest BCUT2D eigenvalue weighted by Gasteiger charge is -2.15. The van der Waals surface area contributed by atoms with Crippen molar-refractivity contribution in [2.24, 2.45) is 0 Å². The zero-order chi connectivity index (χ0) is 14.4. The Balaban J connectivity index is 2.17. The van der Waals surface area contributed by atoms with E-state index in [0.29, 0.717) is 6.61 Å². The summed E-state index contributed by atoms with van der Waals surface area (Å²) in [5.41, 5.74) is 6.47. The van der Waals surface area contributed by atoms with Gasteiger partial charge >= 0.3 is 0 Å². The number of hydrogen-bond acceptors (Lipinski definition) is 2. The Hall–Kier alpha value is -1.80. The van der Waals surface area contributed by atoms with E-state index in [1.54, 1.807) is 7.11 Å². The Morgan fingerprint density at radius 3 is 2.35 bits per heavy atom. The number of benzene rings is 2. The van der Waals surface area contributed by atoms with Crippen molar-refractivity contribution in [3.8, 4) is 0 Å². The molecule has 0 aliphatic carbocycles. The fourth-order valence-electron chi connectivity index (χ4n) is 2.49. The number of hydrogen-bond donors (Lipinski definition) is 1. The van der Waals surface area contributed by atoms with Crippen molar-refractivity contribution in [1.29, 1.82) is 0 Å². The molecule has 0 atom stereocenters. The van der Waals surface area contributed by atoms with Crippen LogP contribution in [0.2, 0.25) is 0 Å². The largest absolute Gasteiger partial charge is 0.381 e. The number of rotatable bonds is 6. The van der Waals surface area contributed by atoms with Gasteiger partial charge in [0.2, 0.25) is 0 Å². The fraction of sp³-hybridized carbons (Fsp3) is 0.333. The Labute approximate surface area is 121 Å². The summed E-state index contributed by atoms with van der Waals surface area (Å²) < 4.78 is 5.26. The van der Waals surface area contributed by atoms with Crippen molar-refractivity contribution in [2.45, 2.75) is 33.4 Å². The lowest BCUT2D eigenvalue weighted by Crippen LogP contribution is -2.06. The molecule has 0 amide bonds. The van der Waals surface area contributed by atoms with Crippen LogP contribution in [0.5, 0.6) is 0 Å². The van der Waals surface area contributed by atoms with Crippen LogP contribution in [-0.2, 0) is 24.3 Å². The molecule has 0 heterocycles. The van der Waals surface area contributed by atoms with Gasteiger partial charge in [0, 0.05) is 19.3 Å². The average molecular weight is 269 g/mol. The Bertz CT molecular complexity index is 563. The standard InChI is InChI=1S/C18H23NO/c1-4-15-11-7-8-14(2)18(15)19-12-16-9-5-6-10-17(16)13-20-3/h5-11,19H,4,12-13H2,1-3H3.